The first-order valence-corrected chi connectivity index (χ1v) is 6.87. The molecular weight excluding hydrogens is 244 g/mol. The van der Waals surface area contributed by atoms with Gasteiger partial charge in [-0.3, -0.25) is 0 Å². The van der Waals surface area contributed by atoms with E-state index in [9.17, 15) is 0 Å². The van der Waals surface area contributed by atoms with Crippen LogP contribution in [0.15, 0.2) is 60.7 Å². The van der Waals surface area contributed by atoms with Crippen LogP contribution in [0.2, 0.25) is 0 Å². The van der Waals surface area contributed by atoms with Crippen molar-refractivity contribution >= 4 is 28.2 Å². The molecule has 86 valence electrons. The van der Waals surface area contributed by atoms with Crippen molar-refractivity contribution in [3.05, 3.63) is 71.8 Å². The van der Waals surface area contributed by atoms with Gasteiger partial charge in [-0.2, -0.15) is 0 Å². The summed E-state index contributed by atoms with van der Waals surface area (Å²) in [4.78, 5) is 0. The molecule has 0 aliphatic rings. The third kappa shape index (κ3) is 3.42. The Hall–Kier alpha value is -1.12. The van der Waals surface area contributed by atoms with Crippen LogP contribution in [0, 0.1) is 0 Å². The van der Waals surface area contributed by atoms with Gasteiger partial charge in [0.2, 0.25) is 0 Å². The van der Waals surface area contributed by atoms with Gasteiger partial charge in [-0.15, -0.1) is 11.8 Å². The first-order valence-electron chi connectivity index (χ1n) is 5.58. The zero-order valence-electron chi connectivity index (χ0n) is 9.67. The normalized spacial score (nSPS) is 12.1. The molecule has 17 heavy (non-hydrogen) atoms. The van der Waals surface area contributed by atoms with Gasteiger partial charge in [0.25, 0.3) is 0 Å². The molecular formula is C15H14S2. The lowest BCUT2D eigenvalue weighted by atomic mass is 10.2. The van der Waals surface area contributed by atoms with Crippen LogP contribution in [-0.2, 0) is 0 Å². The summed E-state index contributed by atoms with van der Waals surface area (Å²) in [6.45, 7) is 2.19. The molecule has 0 N–H and O–H groups in total. The Labute approximate surface area is 112 Å². The molecule has 0 aliphatic carbocycles. The van der Waals surface area contributed by atoms with Crippen LogP contribution < -0.4 is 0 Å². The lowest BCUT2D eigenvalue weighted by Gasteiger charge is -2.12. The minimum atomic E-state index is 0.393. The second-order valence-electron chi connectivity index (χ2n) is 3.82. The van der Waals surface area contributed by atoms with Gasteiger partial charge >= 0.3 is 0 Å². The monoisotopic (exact) mass is 258 g/mol. The highest BCUT2D eigenvalue weighted by Gasteiger charge is 2.09. The molecule has 0 amide bonds. The Kier molecular flexibility index (Phi) is 4.35. The Morgan fingerprint density at radius 1 is 0.941 bits per heavy atom. The second-order valence-corrected chi connectivity index (χ2v) is 5.84. The zero-order valence-corrected chi connectivity index (χ0v) is 11.3. The maximum atomic E-state index is 5.46. The molecule has 0 saturated carbocycles. The minimum Gasteiger partial charge on any atom is -0.106 e. The van der Waals surface area contributed by atoms with Gasteiger partial charge in [-0.25, -0.2) is 0 Å². The van der Waals surface area contributed by atoms with Crippen molar-refractivity contribution in [1.82, 2.24) is 0 Å². The summed E-state index contributed by atoms with van der Waals surface area (Å²) < 4.78 is 0.960. The SMILES string of the molecule is CC(SC(=S)c1ccccc1)c1ccccc1. The summed E-state index contributed by atoms with van der Waals surface area (Å²) in [5.41, 5.74) is 2.45. The van der Waals surface area contributed by atoms with Crippen LogP contribution >= 0.6 is 24.0 Å². The molecule has 0 aromatic heterocycles. The van der Waals surface area contributed by atoms with Crippen molar-refractivity contribution in [3.8, 4) is 0 Å². The first kappa shape index (κ1) is 12.3. The van der Waals surface area contributed by atoms with E-state index in [0.29, 0.717) is 5.25 Å². The number of benzene rings is 2. The number of rotatable bonds is 3. The van der Waals surface area contributed by atoms with Crippen LogP contribution in [0.1, 0.15) is 23.3 Å². The van der Waals surface area contributed by atoms with E-state index in [4.69, 9.17) is 12.2 Å². The summed E-state index contributed by atoms with van der Waals surface area (Å²) in [5.74, 6) is 0. The standard InChI is InChI=1S/C15H14S2/c1-12(13-8-4-2-5-9-13)17-15(16)14-10-6-3-7-11-14/h2-12H,1H3. The van der Waals surface area contributed by atoms with E-state index in [1.807, 2.05) is 24.3 Å². The van der Waals surface area contributed by atoms with Crippen molar-refractivity contribution in [2.45, 2.75) is 12.2 Å². The lowest BCUT2D eigenvalue weighted by molar-refractivity contribution is 1.11. The third-order valence-corrected chi connectivity index (χ3v) is 4.16. The molecule has 0 spiro atoms. The second kappa shape index (κ2) is 5.99. The Balaban J connectivity index is 2.05. The quantitative estimate of drug-likeness (QED) is 0.721. The summed E-state index contributed by atoms with van der Waals surface area (Å²) in [6.07, 6.45) is 0. The van der Waals surface area contributed by atoms with E-state index in [1.165, 1.54) is 5.56 Å². The van der Waals surface area contributed by atoms with Crippen LogP contribution in [0.3, 0.4) is 0 Å². The van der Waals surface area contributed by atoms with Crippen LogP contribution in [-0.4, -0.2) is 4.20 Å². The van der Waals surface area contributed by atoms with Crippen molar-refractivity contribution in [3.63, 3.8) is 0 Å². The molecule has 2 heteroatoms. The summed E-state index contributed by atoms with van der Waals surface area (Å²) in [5, 5.41) is 0.393. The average molecular weight is 258 g/mol. The Bertz CT molecular complexity index is 477. The number of hydrogen-bond acceptors (Lipinski definition) is 2. The minimum absolute atomic E-state index is 0.393. The van der Waals surface area contributed by atoms with E-state index < -0.39 is 0 Å². The zero-order chi connectivity index (χ0) is 12.1. The fraction of sp³-hybridized carbons (Fsp3) is 0.133. The summed E-state index contributed by atoms with van der Waals surface area (Å²) >= 11 is 7.20. The number of thiocarbonyl (C=S) groups is 1. The van der Waals surface area contributed by atoms with Gasteiger partial charge in [-0.1, -0.05) is 72.9 Å². The van der Waals surface area contributed by atoms with Gasteiger partial charge < -0.3 is 0 Å². The molecule has 0 fully saturated rings. The van der Waals surface area contributed by atoms with Crippen molar-refractivity contribution in [1.29, 1.82) is 0 Å². The number of thioether (sulfide) groups is 1. The van der Waals surface area contributed by atoms with E-state index in [1.54, 1.807) is 11.8 Å². The highest BCUT2D eigenvalue weighted by Crippen LogP contribution is 2.31. The Morgan fingerprint density at radius 3 is 2.06 bits per heavy atom. The highest BCUT2D eigenvalue weighted by atomic mass is 32.2. The third-order valence-electron chi connectivity index (χ3n) is 2.56. The molecule has 0 saturated heterocycles. The topological polar surface area (TPSA) is 0 Å². The predicted molar refractivity (Wildman–Crippen MR) is 80.6 cm³/mol. The van der Waals surface area contributed by atoms with Gasteiger partial charge in [0.1, 0.15) is 0 Å². The molecule has 2 aromatic carbocycles. The van der Waals surface area contributed by atoms with Gasteiger partial charge in [-0.05, 0) is 18.1 Å². The molecule has 2 rings (SSSR count). The molecule has 0 nitrogen and oxygen atoms in total. The maximum absolute atomic E-state index is 5.46. The van der Waals surface area contributed by atoms with Crippen molar-refractivity contribution < 1.29 is 0 Å². The molecule has 0 heterocycles. The van der Waals surface area contributed by atoms with E-state index >= 15 is 0 Å². The van der Waals surface area contributed by atoms with E-state index in [-0.39, 0.29) is 0 Å². The van der Waals surface area contributed by atoms with Gasteiger partial charge in [0.05, 0.1) is 4.20 Å². The fourth-order valence-electron chi connectivity index (χ4n) is 1.59. The molecule has 1 unspecified atom stereocenters. The molecule has 2 aromatic rings. The molecule has 0 aliphatic heterocycles. The first-order chi connectivity index (χ1) is 8.27. The highest BCUT2D eigenvalue weighted by molar-refractivity contribution is 8.23. The molecule has 0 radical (unpaired) electrons. The number of hydrogen-bond donors (Lipinski definition) is 0. The predicted octanol–water partition coefficient (Wildman–Crippen LogP) is 4.86. The van der Waals surface area contributed by atoms with Crippen molar-refractivity contribution in [2.24, 2.45) is 0 Å². The summed E-state index contributed by atoms with van der Waals surface area (Å²) in [7, 11) is 0. The van der Waals surface area contributed by atoms with Crippen LogP contribution in [0.5, 0.6) is 0 Å². The van der Waals surface area contributed by atoms with Crippen LogP contribution in [0.25, 0.3) is 0 Å². The van der Waals surface area contributed by atoms with E-state index in [0.717, 1.165) is 9.76 Å². The Morgan fingerprint density at radius 2 is 1.47 bits per heavy atom. The van der Waals surface area contributed by atoms with Crippen molar-refractivity contribution in [2.75, 3.05) is 0 Å². The fourth-order valence-corrected chi connectivity index (χ4v) is 3.05. The van der Waals surface area contributed by atoms with Crippen LogP contribution in [0.4, 0.5) is 0 Å². The largest absolute Gasteiger partial charge is 0.106 e. The average Bonchev–Trinajstić information content (AvgIpc) is 2.40. The summed E-state index contributed by atoms with van der Waals surface area (Å²) in [6, 6.07) is 20.6. The lowest BCUT2D eigenvalue weighted by Crippen LogP contribution is -1.96. The smallest absolute Gasteiger partial charge is 0.0784 e. The van der Waals surface area contributed by atoms with Gasteiger partial charge in [0.15, 0.2) is 0 Å². The maximum Gasteiger partial charge on any atom is 0.0784 e. The molecule has 0 bridgehead atoms. The molecule has 1 atom stereocenters. The van der Waals surface area contributed by atoms with E-state index in [2.05, 4.69) is 43.3 Å². The van der Waals surface area contributed by atoms with Gasteiger partial charge in [0, 0.05) is 5.25 Å².